The fraction of sp³-hybridized carbons (Fsp3) is 0.231. The van der Waals surface area contributed by atoms with Gasteiger partial charge in [0.1, 0.15) is 5.69 Å². The van der Waals surface area contributed by atoms with Gasteiger partial charge in [-0.2, -0.15) is 5.10 Å². The highest BCUT2D eigenvalue weighted by Gasteiger charge is 2.13. The van der Waals surface area contributed by atoms with Gasteiger partial charge >= 0.3 is 0 Å². The van der Waals surface area contributed by atoms with Crippen molar-refractivity contribution in [3.05, 3.63) is 39.5 Å². The van der Waals surface area contributed by atoms with Gasteiger partial charge in [-0.1, -0.05) is 40.5 Å². The van der Waals surface area contributed by atoms with Crippen LogP contribution >= 0.6 is 27.5 Å². The normalized spacial score (nSPS) is 10.6. The third-order valence-corrected chi connectivity index (χ3v) is 3.36. The first kappa shape index (κ1) is 13.3. The summed E-state index contributed by atoms with van der Waals surface area (Å²) in [5.41, 5.74) is 1.97. The molecule has 1 aromatic heterocycles. The third kappa shape index (κ3) is 2.65. The molecule has 18 heavy (non-hydrogen) atoms. The number of hydrogen-bond acceptors (Lipinski definition) is 2. The SMILES string of the molecule is CCCn1cc(C=O)c(-c2ccc(Br)cc2Cl)n1. The van der Waals surface area contributed by atoms with Crippen molar-refractivity contribution in [3.8, 4) is 11.3 Å². The molecule has 0 bridgehead atoms. The molecule has 0 spiro atoms. The summed E-state index contributed by atoms with van der Waals surface area (Å²) in [5, 5.41) is 5.00. The van der Waals surface area contributed by atoms with Crippen molar-refractivity contribution in [2.24, 2.45) is 0 Å². The highest BCUT2D eigenvalue weighted by atomic mass is 79.9. The van der Waals surface area contributed by atoms with Crippen LogP contribution in [0.15, 0.2) is 28.9 Å². The Hall–Kier alpha value is -1.13. The number of halogens is 2. The van der Waals surface area contributed by atoms with Crippen molar-refractivity contribution in [3.63, 3.8) is 0 Å². The summed E-state index contributed by atoms with van der Waals surface area (Å²) < 4.78 is 2.68. The first-order chi connectivity index (χ1) is 8.65. The lowest BCUT2D eigenvalue weighted by Crippen LogP contribution is -1.96. The van der Waals surface area contributed by atoms with Crippen LogP contribution in [0.25, 0.3) is 11.3 Å². The standard InChI is InChI=1S/C13H12BrClN2O/c1-2-5-17-7-9(8-18)13(16-17)11-4-3-10(14)6-12(11)15/h3-4,6-8H,2,5H2,1H3. The van der Waals surface area contributed by atoms with Gasteiger partial charge in [-0.3, -0.25) is 9.48 Å². The predicted octanol–water partition coefficient (Wildman–Crippen LogP) is 4.19. The van der Waals surface area contributed by atoms with E-state index in [2.05, 4.69) is 28.0 Å². The second-order valence-corrected chi connectivity index (χ2v) is 5.26. The van der Waals surface area contributed by atoms with Crippen LogP contribution < -0.4 is 0 Å². The predicted molar refractivity (Wildman–Crippen MR) is 76.1 cm³/mol. The van der Waals surface area contributed by atoms with E-state index < -0.39 is 0 Å². The molecule has 0 aliphatic rings. The minimum atomic E-state index is 0.563. The van der Waals surface area contributed by atoms with Crippen LogP contribution in [0.5, 0.6) is 0 Å². The molecule has 0 aliphatic heterocycles. The molecule has 1 aromatic carbocycles. The number of hydrogen-bond donors (Lipinski definition) is 0. The van der Waals surface area contributed by atoms with Gasteiger partial charge in [0.15, 0.2) is 6.29 Å². The van der Waals surface area contributed by atoms with Crippen LogP contribution in [0, 0.1) is 0 Å². The van der Waals surface area contributed by atoms with Gasteiger partial charge in [-0.05, 0) is 18.6 Å². The van der Waals surface area contributed by atoms with Crippen molar-refractivity contribution >= 4 is 33.8 Å². The topological polar surface area (TPSA) is 34.9 Å². The monoisotopic (exact) mass is 326 g/mol. The van der Waals surface area contributed by atoms with Crippen molar-refractivity contribution in [1.29, 1.82) is 0 Å². The van der Waals surface area contributed by atoms with Gasteiger partial charge in [0.05, 0.1) is 10.6 Å². The van der Waals surface area contributed by atoms with E-state index in [-0.39, 0.29) is 0 Å². The van der Waals surface area contributed by atoms with E-state index in [9.17, 15) is 4.79 Å². The quantitative estimate of drug-likeness (QED) is 0.789. The summed E-state index contributed by atoms with van der Waals surface area (Å²) >= 11 is 9.54. The molecule has 0 N–H and O–H groups in total. The number of carbonyl (C=O) groups is 1. The molecule has 2 rings (SSSR count). The van der Waals surface area contributed by atoms with E-state index in [1.807, 2.05) is 12.1 Å². The first-order valence-electron chi connectivity index (χ1n) is 5.63. The van der Waals surface area contributed by atoms with Crippen LogP contribution in [0.3, 0.4) is 0 Å². The van der Waals surface area contributed by atoms with Crippen LogP contribution in [-0.4, -0.2) is 16.1 Å². The summed E-state index contributed by atoms with van der Waals surface area (Å²) in [5.74, 6) is 0. The van der Waals surface area contributed by atoms with Crippen LogP contribution in [0.4, 0.5) is 0 Å². The van der Waals surface area contributed by atoms with Gasteiger partial charge < -0.3 is 0 Å². The highest BCUT2D eigenvalue weighted by molar-refractivity contribution is 9.10. The third-order valence-electron chi connectivity index (χ3n) is 2.56. The van der Waals surface area contributed by atoms with Crippen molar-refractivity contribution in [1.82, 2.24) is 9.78 Å². The highest BCUT2D eigenvalue weighted by Crippen LogP contribution is 2.31. The van der Waals surface area contributed by atoms with E-state index in [4.69, 9.17) is 11.6 Å². The second-order valence-electron chi connectivity index (χ2n) is 3.94. The van der Waals surface area contributed by atoms with E-state index in [1.165, 1.54) is 0 Å². The molecule has 3 nitrogen and oxygen atoms in total. The molecule has 0 aliphatic carbocycles. The summed E-state index contributed by atoms with van der Waals surface area (Å²) in [6.07, 6.45) is 3.53. The molecule has 2 aromatic rings. The Morgan fingerprint density at radius 2 is 2.28 bits per heavy atom. The van der Waals surface area contributed by atoms with E-state index in [0.717, 1.165) is 29.3 Å². The zero-order valence-electron chi connectivity index (χ0n) is 9.86. The number of aldehydes is 1. The molecular formula is C13H12BrClN2O. The Kier molecular flexibility index (Phi) is 4.19. The fourth-order valence-electron chi connectivity index (χ4n) is 1.76. The molecule has 5 heteroatoms. The Labute approximate surface area is 119 Å². The zero-order chi connectivity index (χ0) is 13.1. The Balaban J connectivity index is 2.51. The van der Waals surface area contributed by atoms with E-state index >= 15 is 0 Å². The van der Waals surface area contributed by atoms with Gasteiger partial charge in [0, 0.05) is 22.8 Å². The second kappa shape index (κ2) is 5.67. The summed E-state index contributed by atoms with van der Waals surface area (Å²) in [4.78, 5) is 11.1. The number of aromatic nitrogens is 2. The largest absolute Gasteiger partial charge is 0.298 e. The van der Waals surface area contributed by atoms with Gasteiger partial charge in [0.25, 0.3) is 0 Å². The molecule has 0 atom stereocenters. The molecule has 0 radical (unpaired) electrons. The number of carbonyl (C=O) groups excluding carboxylic acids is 1. The van der Waals surface area contributed by atoms with Crippen LogP contribution in [0.1, 0.15) is 23.7 Å². The van der Waals surface area contributed by atoms with Gasteiger partial charge in [-0.25, -0.2) is 0 Å². The maximum absolute atomic E-state index is 11.1. The number of benzene rings is 1. The van der Waals surface area contributed by atoms with Crippen molar-refractivity contribution in [2.45, 2.75) is 19.9 Å². The molecule has 0 fully saturated rings. The van der Waals surface area contributed by atoms with E-state index in [1.54, 1.807) is 16.9 Å². The molecule has 0 amide bonds. The maximum Gasteiger partial charge on any atom is 0.153 e. The Morgan fingerprint density at radius 3 is 2.89 bits per heavy atom. The van der Waals surface area contributed by atoms with Crippen molar-refractivity contribution in [2.75, 3.05) is 0 Å². The van der Waals surface area contributed by atoms with E-state index in [0.29, 0.717) is 16.3 Å². The molecule has 94 valence electrons. The maximum atomic E-state index is 11.1. The summed E-state index contributed by atoms with van der Waals surface area (Å²) in [7, 11) is 0. The number of aryl methyl sites for hydroxylation is 1. The summed E-state index contributed by atoms with van der Waals surface area (Å²) in [6, 6.07) is 5.54. The van der Waals surface area contributed by atoms with Gasteiger partial charge in [0.2, 0.25) is 0 Å². The fourth-order valence-corrected chi connectivity index (χ4v) is 2.52. The minimum absolute atomic E-state index is 0.563. The molecule has 0 saturated heterocycles. The Bertz CT molecular complexity index is 580. The average molecular weight is 328 g/mol. The molecular weight excluding hydrogens is 316 g/mol. The lowest BCUT2D eigenvalue weighted by atomic mass is 10.1. The molecule has 1 heterocycles. The van der Waals surface area contributed by atoms with Crippen molar-refractivity contribution < 1.29 is 4.79 Å². The number of nitrogens with zero attached hydrogens (tertiary/aromatic N) is 2. The van der Waals surface area contributed by atoms with Crippen LogP contribution in [0.2, 0.25) is 5.02 Å². The first-order valence-corrected chi connectivity index (χ1v) is 6.81. The molecule has 0 unspecified atom stereocenters. The van der Waals surface area contributed by atoms with Crippen LogP contribution in [-0.2, 0) is 6.54 Å². The minimum Gasteiger partial charge on any atom is -0.298 e. The summed E-state index contributed by atoms with van der Waals surface area (Å²) in [6.45, 7) is 2.85. The number of rotatable bonds is 4. The van der Waals surface area contributed by atoms with Gasteiger partial charge in [-0.15, -0.1) is 0 Å². The lowest BCUT2D eigenvalue weighted by Gasteiger charge is -2.02. The smallest absolute Gasteiger partial charge is 0.153 e. The Morgan fingerprint density at radius 1 is 1.50 bits per heavy atom. The molecule has 0 saturated carbocycles. The average Bonchev–Trinajstić information content (AvgIpc) is 2.72. The lowest BCUT2D eigenvalue weighted by molar-refractivity contribution is 0.112. The zero-order valence-corrected chi connectivity index (χ0v) is 12.2.